The topological polar surface area (TPSA) is 92.4 Å². The smallest absolute Gasteiger partial charge is 0.416 e. The summed E-state index contributed by atoms with van der Waals surface area (Å²) in [4.78, 5) is 25.5. The molecular weight excluding hydrogens is 200 g/mol. The Morgan fingerprint density at radius 3 is 2.67 bits per heavy atom. The Morgan fingerprint density at radius 1 is 1.33 bits per heavy atom. The number of hydrogen-bond donors (Lipinski definition) is 2. The van der Waals surface area contributed by atoms with E-state index in [-0.39, 0.29) is 5.69 Å². The lowest BCUT2D eigenvalue weighted by Gasteiger charge is -1.99. The third-order valence-corrected chi connectivity index (χ3v) is 2.01. The Labute approximate surface area is 83.4 Å². The van der Waals surface area contributed by atoms with E-state index >= 15 is 0 Å². The maximum Gasteiger partial charge on any atom is 0.416 e. The summed E-state index contributed by atoms with van der Waals surface area (Å²) in [5.41, 5.74) is 0.0281. The zero-order chi connectivity index (χ0) is 11.0. The van der Waals surface area contributed by atoms with E-state index in [1.165, 1.54) is 24.5 Å². The Morgan fingerprint density at radius 2 is 2.07 bits per heavy atom. The minimum absolute atomic E-state index is 0.287. The van der Waals surface area contributed by atoms with Gasteiger partial charge in [0.2, 0.25) is 0 Å². The molecule has 0 radical (unpaired) electrons. The molecule has 0 atom stereocenters. The predicted octanol–water partition coefficient (Wildman–Crippen LogP) is 1.26. The number of carboxylic acid groups (broad SMARTS) is 2. The average molecular weight is 206 g/mol. The Hall–Kier alpha value is -2.37. The van der Waals surface area contributed by atoms with Crippen LogP contribution >= 0.6 is 0 Å². The van der Waals surface area contributed by atoms with Gasteiger partial charge >= 0.3 is 12.1 Å². The highest BCUT2D eigenvalue weighted by atomic mass is 16.4. The van der Waals surface area contributed by atoms with Crippen LogP contribution in [0.4, 0.5) is 4.79 Å². The Balaban J connectivity index is 2.86. The number of fused-ring (bicyclic) bond motifs is 1. The molecule has 15 heavy (non-hydrogen) atoms. The second kappa shape index (κ2) is 3.09. The molecule has 0 fully saturated rings. The normalized spacial score (nSPS) is 10.4. The molecule has 76 valence electrons. The summed E-state index contributed by atoms with van der Waals surface area (Å²) in [6.45, 7) is 0. The molecule has 2 aromatic heterocycles. The summed E-state index contributed by atoms with van der Waals surface area (Å²) in [6.07, 6.45) is 1.50. The van der Waals surface area contributed by atoms with Crippen LogP contribution in [0, 0.1) is 0 Å². The minimum atomic E-state index is -1.33. The summed E-state index contributed by atoms with van der Waals surface area (Å²) in [7, 11) is 0. The number of carbonyl (C=O) groups is 2. The number of aromatic nitrogens is 2. The van der Waals surface area contributed by atoms with Crippen LogP contribution in [0.5, 0.6) is 0 Å². The molecule has 0 aromatic carbocycles. The molecule has 6 nitrogen and oxygen atoms in total. The SMILES string of the molecule is O=C(O)c1cc2cnccc2n1C(=O)O. The summed E-state index contributed by atoms with van der Waals surface area (Å²) in [6, 6.07) is 2.73. The van der Waals surface area contributed by atoms with Gasteiger partial charge in [0.05, 0.1) is 5.52 Å². The van der Waals surface area contributed by atoms with E-state index in [0.29, 0.717) is 10.9 Å². The first kappa shape index (κ1) is 9.20. The van der Waals surface area contributed by atoms with Gasteiger partial charge in [0.25, 0.3) is 0 Å². The van der Waals surface area contributed by atoms with E-state index in [0.717, 1.165) is 4.57 Å². The molecule has 2 aromatic rings. The monoisotopic (exact) mass is 206 g/mol. The fourth-order valence-corrected chi connectivity index (χ4v) is 1.42. The highest BCUT2D eigenvalue weighted by Gasteiger charge is 2.18. The average Bonchev–Trinajstić information content (AvgIpc) is 2.56. The fraction of sp³-hybridized carbons (Fsp3) is 0. The molecule has 2 N–H and O–H groups in total. The summed E-state index contributed by atoms with van der Waals surface area (Å²) >= 11 is 0. The maximum absolute atomic E-state index is 10.9. The zero-order valence-corrected chi connectivity index (χ0v) is 7.41. The quantitative estimate of drug-likeness (QED) is 0.732. The lowest BCUT2D eigenvalue weighted by Crippen LogP contribution is -2.14. The van der Waals surface area contributed by atoms with Crippen molar-refractivity contribution in [1.29, 1.82) is 0 Å². The van der Waals surface area contributed by atoms with Crippen molar-refractivity contribution >= 4 is 23.0 Å². The van der Waals surface area contributed by atoms with Gasteiger partial charge in [-0.15, -0.1) is 0 Å². The summed E-state index contributed by atoms with van der Waals surface area (Å²) < 4.78 is 0.722. The van der Waals surface area contributed by atoms with Crippen molar-refractivity contribution in [3.8, 4) is 0 Å². The van der Waals surface area contributed by atoms with Gasteiger partial charge < -0.3 is 10.2 Å². The van der Waals surface area contributed by atoms with Gasteiger partial charge in [-0.25, -0.2) is 14.2 Å². The third kappa shape index (κ3) is 1.32. The van der Waals surface area contributed by atoms with Crippen molar-refractivity contribution in [1.82, 2.24) is 9.55 Å². The number of carboxylic acids is 1. The highest BCUT2D eigenvalue weighted by Crippen LogP contribution is 2.18. The Kier molecular flexibility index (Phi) is 1.89. The minimum Gasteiger partial charge on any atom is -0.477 e. The maximum atomic E-state index is 10.9. The second-order valence-corrected chi connectivity index (χ2v) is 2.89. The molecule has 0 aliphatic carbocycles. The van der Waals surface area contributed by atoms with Crippen molar-refractivity contribution < 1.29 is 19.8 Å². The Bertz CT molecular complexity index is 558. The molecule has 0 aliphatic heterocycles. The van der Waals surface area contributed by atoms with Crippen LogP contribution in [0.15, 0.2) is 24.5 Å². The number of pyridine rings is 1. The van der Waals surface area contributed by atoms with Gasteiger partial charge in [-0.1, -0.05) is 0 Å². The van der Waals surface area contributed by atoms with Crippen molar-refractivity contribution in [3.05, 3.63) is 30.2 Å². The molecule has 0 saturated carbocycles. The van der Waals surface area contributed by atoms with E-state index in [2.05, 4.69) is 4.98 Å². The molecule has 0 bridgehead atoms. The van der Waals surface area contributed by atoms with Crippen LogP contribution in [0.1, 0.15) is 10.5 Å². The lowest BCUT2D eigenvalue weighted by atomic mass is 10.3. The molecule has 0 spiro atoms. The van der Waals surface area contributed by atoms with Gasteiger partial charge in [-0.05, 0) is 12.1 Å². The first-order valence-electron chi connectivity index (χ1n) is 4.03. The van der Waals surface area contributed by atoms with Crippen LogP contribution in [0.2, 0.25) is 0 Å². The van der Waals surface area contributed by atoms with Crippen LogP contribution in [-0.4, -0.2) is 31.8 Å². The summed E-state index contributed by atoms with van der Waals surface area (Å²) in [5, 5.41) is 18.2. The molecule has 2 rings (SSSR count). The second-order valence-electron chi connectivity index (χ2n) is 2.89. The van der Waals surface area contributed by atoms with Gasteiger partial charge in [0, 0.05) is 17.8 Å². The van der Waals surface area contributed by atoms with Crippen molar-refractivity contribution in [2.24, 2.45) is 0 Å². The molecular formula is C9H6N2O4. The van der Waals surface area contributed by atoms with Gasteiger partial charge in [-0.2, -0.15) is 0 Å². The van der Waals surface area contributed by atoms with Crippen LogP contribution < -0.4 is 0 Å². The van der Waals surface area contributed by atoms with E-state index in [9.17, 15) is 9.59 Å². The van der Waals surface area contributed by atoms with Crippen molar-refractivity contribution in [2.45, 2.75) is 0 Å². The molecule has 0 saturated heterocycles. The van der Waals surface area contributed by atoms with Crippen molar-refractivity contribution in [2.75, 3.05) is 0 Å². The number of hydrogen-bond acceptors (Lipinski definition) is 3. The zero-order valence-electron chi connectivity index (χ0n) is 7.41. The highest BCUT2D eigenvalue weighted by molar-refractivity contribution is 6.00. The largest absolute Gasteiger partial charge is 0.477 e. The molecule has 2 heterocycles. The predicted molar refractivity (Wildman–Crippen MR) is 50.1 cm³/mol. The number of aromatic carboxylic acids is 1. The van der Waals surface area contributed by atoms with Crippen LogP contribution in [0.25, 0.3) is 10.9 Å². The first-order valence-corrected chi connectivity index (χ1v) is 4.03. The standard InChI is InChI=1S/C9H6N2O4/c12-8(13)7-3-5-4-10-2-1-6(5)11(7)9(14)15/h1-4H,(H,12,13)(H,14,15). The molecule has 0 unspecified atom stereocenters. The van der Waals surface area contributed by atoms with Gasteiger partial charge in [-0.3, -0.25) is 4.98 Å². The molecule has 0 amide bonds. The van der Waals surface area contributed by atoms with E-state index < -0.39 is 12.1 Å². The lowest BCUT2D eigenvalue weighted by molar-refractivity contribution is 0.0685. The first-order chi connectivity index (χ1) is 7.11. The van der Waals surface area contributed by atoms with Gasteiger partial charge in [0.1, 0.15) is 5.69 Å². The molecule has 0 aliphatic rings. The summed E-state index contributed by atoms with van der Waals surface area (Å²) in [5.74, 6) is -1.28. The van der Waals surface area contributed by atoms with E-state index in [1.54, 1.807) is 0 Å². The number of nitrogens with zero attached hydrogens (tertiary/aromatic N) is 2. The van der Waals surface area contributed by atoms with Crippen LogP contribution in [0.3, 0.4) is 0 Å². The van der Waals surface area contributed by atoms with Crippen molar-refractivity contribution in [3.63, 3.8) is 0 Å². The third-order valence-electron chi connectivity index (χ3n) is 2.01. The van der Waals surface area contributed by atoms with E-state index in [4.69, 9.17) is 10.2 Å². The van der Waals surface area contributed by atoms with Crippen LogP contribution in [-0.2, 0) is 0 Å². The van der Waals surface area contributed by atoms with E-state index in [1.807, 2.05) is 0 Å². The van der Waals surface area contributed by atoms with Gasteiger partial charge in [0.15, 0.2) is 0 Å². The fourth-order valence-electron chi connectivity index (χ4n) is 1.42. The number of rotatable bonds is 1. The molecule has 6 heteroatoms.